The number of benzene rings is 2. The van der Waals surface area contributed by atoms with E-state index in [2.05, 4.69) is 35.6 Å². The molecule has 5 nitrogen and oxygen atoms in total. The molecule has 0 amide bonds. The Labute approximate surface area is 149 Å². The molecule has 1 N–H and O–H groups in total. The van der Waals surface area contributed by atoms with Gasteiger partial charge in [0.15, 0.2) is 15.8 Å². The number of nitrogens with zero attached hydrogens (tertiary/aromatic N) is 1. The van der Waals surface area contributed by atoms with Crippen molar-refractivity contribution in [1.82, 2.24) is 4.98 Å². The molecule has 0 saturated heterocycles. The first-order valence-corrected chi connectivity index (χ1v) is 8.10. The van der Waals surface area contributed by atoms with Gasteiger partial charge in [0.2, 0.25) is 5.89 Å². The summed E-state index contributed by atoms with van der Waals surface area (Å²) in [4.78, 5) is 27.3. The smallest absolute Gasteiger partial charge is 0.207 e. The third kappa shape index (κ3) is 3.63. The normalized spacial score (nSPS) is 12.1. The molecule has 1 atom stereocenters. The molecule has 24 heavy (non-hydrogen) atoms. The molecule has 2 aromatic carbocycles. The highest BCUT2D eigenvalue weighted by Crippen LogP contribution is 2.31. The summed E-state index contributed by atoms with van der Waals surface area (Å²) in [6.07, 6.45) is -0.111. The molecule has 0 bridgehead atoms. The molecule has 1 unspecified atom stereocenters. The largest absolute Gasteiger partial charge is 0.438 e. The van der Waals surface area contributed by atoms with Crippen molar-refractivity contribution in [3.8, 4) is 0 Å². The van der Waals surface area contributed by atoms with E-state index in [1.165, 1.54) is 0 Å². The lowest BCUT2D eigenvalue weighted by atomic mass is 10.1. The van der Waals surface area contributed by atoms with E-state index in [1.807, 2.05) is 42.5 Å². The molecule has 0 aliphatic carbocycles. The third-order valence-electron chi connectivity index (χ3n) is 3.46. The minimum absolute atomic E-state index is 0.111. The van der Waals surface area contributed by atoms with Crippen LogP contribution in [0.2, 0.25) is 0 Å². The number of oxazole rings is 1. The van der Waals surface area contributed by atoms with Crippen LogP contribution in [0.3, 0.4) is 0 Å². The van der Waals surface area contributed by atoms with E-state index in [0.717, 1.165) is 11.4 Å². The fourth-order valence-corrected chi connectivity index (χ4v) is 2.73. The van der Waals surface area contributed by atoms with E-state index in [9.17, 15) is 9.59 Å². The zero-order chi connectivity index (χ0) is 17.1. The van der Waals surface area contributed by atoms with Gasteiger partial charge in [-0.2, -0.15) is 0 Å². The van der Waals surface area contributed by atoms with Gasteiger partial charge in [0.1, 0.15) is 11.4 Å². The molecule has 0 radical (unpaired) electrons. The van der Waals surface area contributed by atoms with Gasteiger partial charge in [-0.15, -0.1) is 25.3 Å². The molecule has 1 aromatic heterocycles. The zero-order valence-electron chi connectivity index (χ0n) is 12.5. The Balaban J connectivity index is 2.00. The average Bonchev–Trinajstić information content (AvgIpc) is 2.98. The van der Waals surface area contributed by atoms with Crippen LogP contribution in [0.5, 0.6) is 0 Å². The quantitative estimate of drug-likeness (QED) is 0.582. The van der Waals surface area contributed by atoms with Gasteiger partial charge < -0.3 is 9.73 Å². The second kappa shape index (κ2) is 7.11. The van der Waals surface area contributed by atoms with Crippen molar-refractivity contribution in [1.29, 1.82) is 0 Å². The highest BCUT2D eigenvalue weighted by atomic mass is 32.1. The highest BCUT2D eigenvalue weighted by Gasteiger charge is 2.26. The molecule has 3 aromatic rings. The first-order valence-electron chi connectivity index (χ1n) is 7.20. The summed E-state index contributed by atoms with van der Waals surface area (Å²) in [6, 6.07) is 15.1. The van der Waals surface area contributed by atoms with Crippen LogP contribution in [-0.4, -0.2) is 15.2 Å². The Bertz CT molecular complexity index is 893. The molecular formula is C17H14N2O3S2. The maximum atomic E-state index is 11.7. The summed E-state index contributed by atoms with van der Waals surface area (Å²) in [5, 5.41) is 2.34. The van der Waals surface area contributed by atoms with Crippen molar-refractivity contribution in [2.24, 2.45) is 0 Å². The van der Waals surface area contributed by atoms with Crippen LogP contribution in [0.4, 0.5) is 11.4 Å². The highest BCUT2D eigenvalue weighted by molar-refractivity contribution is 7.97. The second-order valence-electron chi connectivity index (χ2n) is 5.19. The van der Waals surface area contributed by atoms with Crippen LogP contribution >= 0.6 is 25.3 Å². The maximum absolute atomic E-state index is 11.7. The first-order chi connectivity index (χ1) is 11.5. The average molecular weight is 358 g/mol. The molecule has 0 spiro atoms. The first kappa shape index (κ1) is 16.6. The maximum Gasteiger partial charge on any atom is 0.207 e. The number of carbonyl (C=O) groups excluding carboxylic acids is 2. The van der Waals surface area contributed by atoms with Crippen molar-refractivity contribution in [3.05, 3.63) is 54.4 Å². The Hall–Kier alpha value is -2.25. The van der Waals surface area contributed by atoms with Gasteiger partial charge in [0, 0.05) is 12.1 Å². The minimum Gasteiger partial charge on any atom is -0.438 e. The molecular weight excluding hydrogens is 344 g/mol. The number of para-hydroxylation sites is 2. The van der Waals surface area contributed by atoms with Gasteiger partial charge in [-0.05, 0) is 24.3 Å². The van der Waals surface area contributed by atoms with Gasteiger partial charge in [0.05, 0.1) is 5.69 Å². The van der Waals surface area contributed by atoms with Crippen LogP contribution in [-0.2, 0) is 9.59 Å². The van der Waals surface area contributed by atoms with E-state index < -0.39 is 16.1 Å². The van der Waals surface area contributed by atoms with E-state index in [-0.39, 0.29) is 12.3 Å². The molecule has 0 fully saturated rings. The van der Waals surface area contributed by atoms with E-state index in [4.69, 9.17) is 4.42 Å². The molecule has 0 aliphatic heterocycles. The minimum atomic E-state index is -0.852. The van der Waals surface area contributed by atoms with Crippen molar-refractivity contribution in [2.75, 3.05) is 5.32 Å². The summed E-state index contributed by atoms with van der Waals surface area (Å²) in [5.41, 5.74) is 2.73. The van der Waals surface area contributed by atoms with Crippen molar-refractivity contribution >= 4 is 58.0 Å². The van der Waals surface area contributed by atoms with Crippen LogP contribution in [0.15, 0.2) is 52.9 Å². The van der Waals surface area contributed by atoms with Crippen molar-refractivity contribution in [2.45, 2.75) is 12.3 Å². The number of hydrogen-bond acceptors (Lipinski definition) is 5. The molecule has 122 valence electrons. The monoisotopic (exact) mass is 358 g/mol. The van der Waals surface area contributed by atoms with Crippen molar-refractivity contribution < 1.29 is 14.0 Å². The topological polar surface area (TPSA) is 72.2 Å². The third-order valence-corrected chi connectivity index (χ3v) is 3.95. The van der Waals surface area contributed by atoms with E-state index >= 15 is 0 Å². The number of hydrogen-bond donors (Lipinski definition) is 3. The predicted molar refractivity (Wildman–Crippen MR) is 99.1 cm³/mol. The number of nitrogens with one attached hydrogen (secondary N) is 1. The molecule has 1 heterocycles. The molecule has 0 aliphatic rings. The number of aromatic nitrogens is 1. The van der Waals surface area contributed by atoms with Crippen LogP contribution < -0.4 is 5.32 Å². The van der Waals surface area contributed by atoms with Crippen LogP contribution in [0, 0.1) is 0 Å². The lowest BCUT2D eigenvalue weighted by Crippen LogP contribution is -2.10. The summed E-state index contributed by atoms with van der Waals surface area (Å²) < 4.78 is 5.77. The Morgan fingerprint density at radius 1 is 1.08 bits per heavy atom. The molecule has 3 rings (SSSR count). The standard InChI is InChI=1S/C17H14N2O3S2/c20-14(23)9-11(17(21)24)16-19-13-8-4-7-12(15(13)22-16)18-10-5-2-1-3-6-10/h1-8,11,18H,9H2,(H,20,23)(H,21,24). The number of thiol groups is 2. The summed E-state index contributed by atoms with van der Waals surface area (Å²) in [5.74, 6) is -0.690. The Morgan fingerprint density at radius 3 is 2.50 bits per heavy atom. The summed E-state index contributed by atoms with van der Waals surface area (Å²) in [7, 11) is 0. The summed E-state index contributed by atoms with van der Waals surface area (Å²) >= 11 is 7.55. The van der Waals surface area contributed by atoms with Gasteiger partial charge in [-0.3, -0.25) is 9.59 Å². The Morgan fingerprint density at radius 2 is 1.83 bits per heavy atom. The van der Waals surface area contributed by atoms with Gasteiger partial charge in [-0.25, -0.2) is 4.98 Å². The fraction of sp³-hybridized carbons (Fsp3) is 0.118. The molecule has 7 heteroatoms. The second-order valence-corrected chi connectivity index (χ2v) is 6.13. The van der Waals surface area contributed by atoms with Crippen molar-refractivity contribution in [3.63, 3.8) is 0 Å². The lowest BCUT2D eigenvalue weighted by Gasteiger charge is -2.07. The van der Waals surface area contributed by atoms with Gasteiger partial charge in [0.25, 0.3) is 0 Å². The number of carbonyl (C=O) groups is 2. The van der Waals surface area contributed by atoms with Gasteiger partial charge >= 0.3 is 0 Å². The Kier molecular flexibility index (Phi) is 4.92. The lowest BCUT2D eigenvalue weighted by molar-refractivity contribution is -0.117. The summed E-state index contributed by atoms with van der Waals surface area (Å²) in [6.45, 7) is 0. The van der Waals surface area contributed by atoms with E-state index in [1.54, 1.807) is 6.07 Å². The van der Waals surface area contributed by atoms with Crippen LogP contribution in [0.1, 0.15) is 18.2 Å². The number of fused-ring (bicyclic) bond motifs is 1. The SMILES string of the molecule is O=C(S)CC(C(=O)S)c1nc2cccc(Nc3ccccc3)c2o1. The van der Waals surface area contributed by atoms with E-state index in [0.29, 0.717) is 11.1 Å². The van der Waals surface area contributed by atoms with Gasteiger partial charge in [-0.1, -0.05) is 24.3 Å². The fourth-order valence-electron chi connectivity index (χ4n) is 2.35. The zero-order valence-corrected chi connectivity index (χ0v) is 14.3. The number of rotatable bonds is 6. The number of anilines is 2. The van der Waals surface area contributed by atoms with Crippen LogP contribution in [0.25, 0.3) is 11.1 Å². The molecule has 0 saturated carbocycles. The predicted octanol–water partition coefficient (Wildman–Crippen LogP) is 3.96.